The van der Waals surface area contributed by atoms with Gasteiger partial charge >= 0.3 is 18.2 Å². The number of amides is 2. The number of nitrogens with one attached hydrogen (secondary N) is 2. The van der Waals surface area contributed by atoms with Gasteiger partial charge in [0.15, 0.2) is 0 Å². The van der Waals surface area contributed by atoms with E-state index in [1.165, 1.54) is 6.92 Å². The maximum Gasteiger partial charge on any atom is 0.391 e. The number of aliphatic carboxylic acids is 1. The van der Waals surface area contributed by atoms with Crippen molar-refractivity contribution in [2.75, 3.05) is 0 Å². The van der Waals surface area contributed by atoms with E-state index in [1.54, 1.807) is 0 Å². The molecule has 5 nitrogen and oxygen atoms in total. The summed E-state index contributed by atoms with van der Waals surface area (Å²) in [7, 11) is 0. The van der Waals surface area contributed by atoms with Crippen LogP contribution < -0.4 is 10.6 Å². The smallest absolute Gasteiger partial charge is 0.391 e. The van der Waals surface area contributed by atoms with Gasteiger partial charge in [-0.15, -0.1) is 0 Å². The Bertz CT molecular complexity index is 308. The molecule has 2 unspecified atom stereocenters. The number of urea groups is 1. The largest absolute Gasteiger partial charge is 0.481 e. The molecule has 0 saturated carbocycles. The molecule has 0 bridgehead atoms. The van der Waals surface area contributed by atoms with Crippen LogP contribution in [0.1, 0.15) is 39.5 Å². The molecular formula is C11H19F3N2O3. The van der Waals surface area contributed by atoms with Gasteiger partial charge in [0, 0.05) is 12.1 Å². The molecule has 3 N–H and O–H groups in total. The molecule has 0 aromatic heterocycles. The Hall–Kier alpha value is -1.47. The molecule has 2 atom stereocenters. The predicted molar refractivity (Wildman–Crippen MR) is 62.8 cm³/mol. The van der Waals surface area contributed by atoms with Gasteiger partial charge in [-0.05, 0) is 13.3 Å². The van der Waals surface area contributed by atoms with Crippen molar-refractivity contribution in [1.82, 2.24) is 10.6 Å². The third kappa shape index (κ3) is 10.2. The minimum atomic E-state index is -4.35. The highest BCUT2D eigenvalue weighted by Gasteiger charge is 2.30. The van der Waals surface area contributed by atoms with Crippen molar-refractivity contribution in [1.29, 1.82) is 0 Å². The molecule has 2 amide bonds. The number of hydrogen-bond donors (Lipinski definition) is 3. The van der Waals surface area contributed by atoms with Crippen LogP contribution in [0.5, 0.6) is 0 Å². The Morgan fingerprint density at radius 3 is 2.26 bits per heavy atom. The van der Waals surface area contributed by atoms with Gasteiger partial charge in [0.1, 0.15) is 0 Å². The Kier molecular flexibility index (Phi) is 7.25. The monoisotopic (exact) mass is 284 g/mol. The van der Waals surface area contributed by atoms with E-state index in [9.17, 15) is 22.8 Å². The summed E-state index contributed by atoms with van der Waals surface area (Å²) in [6.45, 7) is 3.06. The first kappa shape index (κ1) is 17.5. The van der Waals surface area contributed by atoms with Gasteiger partial charge in [0.2, 0.25) is 0 Å². The second kappa shape index (κ2) is 7.85. The minimum absolute atomic E-state index is 0.255. The summed E-state index contributed by atoms with van der Waals surface area (Å²) in [6.07, 6.45) is -4.62. The highest BCUT2D eigenvalue weighted by molar-refractivity contribution is 5.75. The minimum Gasteiger partial charge on any atom is -0.481 e. The van der Waals surface area contributed by atoms with Crippen LogP contribution in [0.2, 0.25) is 0 Å². The average molecular weight is 284 g/mol. The summed E-state index contributed by atoms with van der Waals surface area (Å²) in [5.41, 5.74) is 0. The van der Waals surface area contributed by atoms with E-state index in [4.69, 9.17) is 5.11 Å². The van der Waals surface area contributed by atoms with E-state index in [1.807, 2.05) is 6.92 Å². The molecule has 0 aliphatic heterocycles. The molecule has 0 saturated heterocycles. The van der Waals surface area contributed by atoms with Crippen LogP contribution in [0.3, 0.4) is 0 Å². The lowest BCUT2D eigenvalue weighted by Crippen LogP contribution is -2.47. The third-order valence-electron chi connectivity index (χ3n) is 2.31. The predicted octanol–water partition coefficient (Wildman–Crippen LogP) is 2.27. The van der Waals surface area contributed by atoms with E-state index >= 15 is 0 Å². The number of carboxylic acids is 1. The number of rotatable bonds is 7. The van der Waals surface area contributed by atoms with E-state index < -0.39 is 36.7 Å². The van der Waals surface area contributed by atoms with Gasteiger partial charge in [-0.1, -0.05) is 13.3 Å². The van der Waals surface area contributed by atoms with Crippen molar-refractivity contribution in [3.63, 3.8) is 0 Å². The second-order valence-electron chi connectivity index (χ2n) is 4.42. The Morgan fingerprint density at radius 1 is 1.26 bits per heavy atom. The lowest BCUT2D eigenvalue weighted by atomic mass is 10.1. The molecule has 0 spiro atoms. The average Bonchev–Trinajstić information content (AvgIpc) is 2.12. The summed E-state index contributed by atoms with van der Waals surface area (Å²) in [4.78, 5) is 22.0. The highest BCUT2D eigenvalue weighted by Crippen LogP contribution is 2.21. The van der Waals surface area contributed by atoms with Gasteiger partial charge in [0.25, 0.3) is 0 Å². The van der Waals surface area contributed by atoms with Crippen molar-refractivity contribution in [2.45, 2.75) is 57.8 Å². The van der Waals surface area contributed by atoms with Crippen LogP contribution in [0.15, 0.2) is 0 Å². The van der Waals surface area contributed by atoms with Crippen LogP contribution in [-0.2, 0) is 4.79 Å². The molecule has 112 valence electrons. The van der Waals surface area contributed by atoms with Crippen LogP contribution in [-0.4, -0.2) is 35.4 Å². The fourth-order valence-corrected chi connectivity index (χ4v) is 1.63. The fraction of sp³-hybridized carbons (Fsp3) is 0.818. The highest BCUT2D eigenvalue weighted by atomic mass is 19.4. The van der Waals surface area contributed by atoms with Crippen molar-refractivity contribution >= 4 is 12.0 Å². The normalized spacial score (nSPS) is 14.6. The van der Waals surface area contributed by atoms with Crippen molar-refractivity contribution in [2.24, 2.45) is 0 Å². The molecule has 0 aliphatic rings. The van der Waals surface area contributed by atoms with E-state index in [2.05, 4.69) is 10.6 Å². The first-order chi connectivity index (χ1) is 8.64. The first-order valence-electron chi connectivity index (χ1n) is 5.99. The van der Waals surface area contributed by atoms with E-state index in [0.717, 1.165) is 0 Å². The van der Waals surface area contributed by atoms with E-state index in [0.29, 0.717) is 12.8 Å². The molecule has 8 heteroatoms. The van der Waals surface area contributed by atoms with Gasteiger partial charge in [-0.3, -0.25) is 4.79 Å². The first-order valence-corrected chi connectivity index (χ1v) is 5.99. The maximum atomic E-state index is 12.1. The number of carboxylic acid groups (broad SMARTS) is 1. The van der Waals surface area contributed by atoms with Crippen molar-refractivity contribution in [3.8, 4) is 0 Å². The molecular weight excluding hydrogens is 265 g/mol. The number of hydrogen-bond acceptors (Lipinski definition) is 2. The van der Waals surface area contributed by atoms with Crippen molar-refractivity contribution < 1.29 is 27.9 Å². The number of halogens is 3. The van der Waals surface area contributed by atoms with Crippen LogP contribution in [0.4, 0.5) is 18.0 Å². The van der Waals surface area contributed by atoms with Gasteiger partial charge in [-0.2, -0.15) is 13.2 Å². The molecule has 0 heterocycles. The third-order valence-corrected chi connectivity index (χ3v) is 2.31. The topological polar surface area (TPSA) is 78.4 Å². The molecule has 0 rings (SSSR count). The lowest BCUT2D eigenvalue weighted by molar-refractivity contribution is -0.138. The zero-order valence-corrected chi connectivity index (χ0v) is 10.9. The molecule has 0 aromatic rings. The van der Waals surface area contributed by atoms with Gasteiger partial charge in [-0.25, -0.2) is 4.79 Å². The van der Waals surface area contributed by atoms with Gasteiger partial charge in [0.05, 0.1) is 12.8 Å². The quantitative estimate of drug-likeness (QED) is 0.671. The summed E-state index contributed by atoms with van der Waals surface area (Å²) < 4.78 is 36.2. The van der Waals surface area contributed by atoms with Crippen LogP contribution in [0.25, 0.3) is 0 Å². The summed E-state index contributed by atoms with van der Waals surface area (Å²) in [5, 5.41) is 13.1. The Labute approximate surface area is 109 Å². The number of alkyl halides is 3. The number of carbonyl (C=O) groups excluding carboxylic acids is 1. The molecule has 0 aliphatic carbocycles. The maximum absolute atomic E-state index is 12.1. The molecule has 0 fully saturated rings. The summed E-state index contributed by atoms with van der Waals surface area (Å²) >= 11 is 0. The van der Waals surface area contributed by atoms with Crippen LogP contribution in [0, 0.1) is 0 Å². The zero-order valence-electron chi connectivity index (χ0n) is 10.9. The molecule has 0 aromatic carbocycles. The fourth-order valence-electron chi connectivity index (χ4n) is 1.63. The summed E-state index contributed by atoms with van der Waals surface area (Å²) in [6, 6.07) is -2.43. The van der Waals surface area contributed by atoms with E-state index in [-0.39, 0.29) is 6.42 Å². The van der Waals surface area contributed by atoms with Crippen molar-refractivity contribution in [3.05, 3.63) is 0 Å². The van der Waals surface area contributed by atoms with Crippen LogP contribution >= 0.6 is 0 Å². The SMILES string of the molecule is CCCC(CC(=O)O)NC(=O)NC(C)CC(F)(F)F. The molecule has 0 radical (unpaired) electrons. The Balaban J connectivity index is 4.21. The van der Waals surface area contributed by atoms with Gasteiger partial charge < -0.3 is 15.7 Å². The second-order valence-corrected chi connectivity index (χ2v) is 4.42. The molecule has 19 heavy (non-hydrogen) atoms. The number of carbonyl (C=O) groups is 2. The standard InChI is InChI=1S/C11H19F3N2O3/c1-3-4-8(5-9(17)18)16-10(19)15-7(2)6-11(12,13)14/h7-8H,3-6H2,1-2H3,(H,17,18)(H2,15,16,19). The lowest BCUT2D eigenvalue weighted by Gasteiger charge is -2.20. The zero-order chi connectivity index (χ0) is 15.1. The Morgan fingerprint density at radius 2 is 1.84 bits per heavy atom. The summed E-state index contributed by atoms with van der Waals surface area (Å²) in [5.74, 6) is -1.07.